The standard InChI is InChI=1S/C20H30N4O2.ClH/c1-4-7-8-19-21-17-15-16(10-12-20(25)22-26)9-11-18(17)24(19)14-13-23(5-2)6-3;/h9-12,15,26H,4-8,13-14H2,1-3H3,(H,22,25);1H. The Morgan fingerprint density at radius 3 is 2.67 bits per heavy atom. The predicted molar refractivity (Wildman–Crippen MR) is 112 cm³/mol. The molecule has 2 aromatic rings. The Labute approximate surface area is 167 Å². The van der Waals surface area contributed by atoms with Gasteiger partial charge in [-0.05, 0) is 43.3 Å². The van der Waals surface area contributed by atoms with Gasteiger partial charge in [-0.2, -0.15) is 0 Å². The first-order chi connectivity index (χ1) is 12.6. The third kappa shape index (κ3) is 6.34. The molecule has 0 saturated carbocycles. The van der Waals surface area contributed by atoms with Crippen LogP contribution in [0, 0.1) is 0 Å². The van der Waals surface area contributed by atoms with Gasteiger partial charge < -0.3 is 9.47 Å². The smallest absolute Gasteiger partial charge is 0.267 e. The van der Waals surface area contributed by atoms with E-state index in [4.69, 9.17) is 10.2 Å². The number of hydrogen-bond donors (Lipinski definition) is 2. The van der Waals surface area contributed by atoms with E-state index in [9.17, 15) is 4.79 Å². The van der Waals surface area contributed by atoms with Gasteiger partial charge in [0.1, 0.15) is 5.82 Å². The molecule has 0 bridgehead atoms. The van der Waals surface area contributed by atoms with Crippen LogP contribution in [0.3, 0.4) is 0 Å². The third-order valence-electron chi connectivity index (χ3n) is 4.68. The van der Waals surface area contributed by atoms with Gasteiger partial charge in [0.2, 0.25) is 0 Å². The van der Waals surface area contributed by atoms with Crippen LogP contribution < -0.4 is 5.48 Å². The fraction of sp³-hybridized carbons (Fsp3) is 0.500. The van der Waals surface area contributed by atoms with Crippen LogP contribution in [0.2, 0.25) is 0 Å². The Bertz CT molecular complexity index is 754. The summed E-state index contributed by atoms with van der Waals surface area (Å²) in [4.78, 5) is 18.4. The van der Waals surface area contributed by atoms with Crippen molar-refractivity contribution < 1.29 is 10.0 Å². The number of benzene rings is 1. The molecule has 1 aromatic heterocycles. The van der Waals surface area contributed by atoms with Crippen LogP contribution in [0.15, 0.2) is 24.3 Å². The van der Waals surface area contributed by atoms with E-state index in [2.05, 4.69) is 36.3 Å². The van der Waals surface area contributed by atoms with Gasteiger partial charge in [0.05, 0.1) is 11.0 Å². The number of unbranched alkanes of at least 4 members (excludes halogenated alkanes) is 1. The van der Waals surface area contributed by atoms with Crippen LogP contribution in [-0.2, 0) is 17.8 Å². The molecule has 1 heterocycles. The number of rotatable bonds is 10. The van der Waals surface area contributed by atoms with Gasteiger partial charge in [-0.25, -0.2) is 10.5 Å². The van der Waals surface area contributed by atoms with Crippen molar-refractivity contribution in [2.75, 3.05) is 19.6 Å². The van der Waals surface area contributed by atoms with Gasteiger partial charge in [-0.1, -0.05) is 33.3 Å². The van der Waals surface area contributed by atoms with E-state index in [1.54, 1.807) is 11.6 Å². The summed E-state index contributed by atoms with van der Waals surface area (Å²) in [5, 5.41) is 8.58. The van der Waals surface area contributed by atoms with Gasteiger partial charge in [0.25, 0.3) is 5.91 Å². The number of fused-ring (bicyclic) bond motifs is 1. The van der Waals surface area contributed by atoms with Gasteiger partial charge in [-0.3, -0.25) is 10.0 Å². The molecule has 7 heteroatoms. The van der Waals surface area contributed by atoms with Crippen LogP contribution in [-0.4, -0.2) is 45.2 Å². The van der Waals surface area contributed by atoms with Gasteiger partial charge in [0, 0.05) is 25.6 Å². The first-order valence-corrected chi connectivity index (χ1v) is 9.46. The van der Waals surface area contributed by atoms with Crippen molar-refractivity contribution in [3.63, 3.8) is 0 Å². The Hall–Kier alpha value is -1.89. The number of hydrogen-bond acceptors (Lipinski definition) is 4. The molecule has 0 aliphatic heterocycles. The molecule has 0 aliphatic rings. The number of aryl methyl sites for hydroxylation is 1. The minimum atomic E-state index is -0.543. The van der Waals surface area contributed by atoms with Crippen molar-refractivity contribution in [3.8, 4) is 0 Å². The molecule has 6 nitrogen and oxygen atoms in total. The lowest BCUT2D eigenvalue weighted by atomic mass is 10.2. The lowest BCUT2D eigenvalue weighted by Crippen LogP contribution is -2.27. The zero-order valence-electron chi connectivity index (χ0n) is 16.4. The summed E-state index contributed by atoms with van der Waals surface area (Å²) in [5.41, 5.74) is 4.56. The van der Waals surface area contributed by atoms with Gasteiger partial charge in [-0.15, -0.1) is 12.4 Å². The second-order valence-corrected chi connectivity index (χ2v) is 6.37. The lowest BCUT2D eigenvalue weighted by molar-refractivity contribution is -0.124. The highest BCUT2D eigenvalue weighted by molar-refractivity contribution is 5.91. The fourth-order valence-electron chi connectivity index (χ4n) is 3.07. The summed E-state index contributed by atoms with van der Waals surface area (Å²) in [5.74, 6) is 0.585. The van der Waals surface area contributed by atoms with Gasteiger partial charge in [0.15, 0.2) is 0 Å². The maximum absolute atomic E-state index is 11.2. The summed E-state index contributed by atoms with van der Waals surface area (Å²) < 4.78 is 2.33. The monoisotopic (exact) mass is 394 g/mol. The number of nitrogens with zero attached hydrogens (tertiary/aromatic N) is 3. The molecule has 2 rings (SSSR count). The molecule has 1 aromatic carbocycles. The Morgan fingerprint density at radius 2 is 2.04 bits per heavy atom. The summed E-state index contributed by atoms with van der Waals surface area (Å²) in [6, 6.07) is 6.03. The van der Waals surface area contributed by atoms with E-state index in [-0.39, 0.29) is 12.4 Å². The molecule has 2 N–H and O–H groups in total. The van der Waals surface area contributed by atoms with Crippen molar-refractivity contribution in [2.24, 2.45) is 0 Å². The number of nitrogens with one attached hydrogen (secondary N) is 1. The summed E-state index contributed by atoms with van der Waals surface area (Å²) in [7, 11) is 0. The maximum atomic E-state index is 11.2. The van der Waals surface area contributed by atoms with Crippen LogP contribution in [0.5, 0.6) is 0 Å². The molecule has 1 amide bonds. The zero-order chi connectivity index (χ0) is 18.9. The molecule has 150 valence electrons. The summed E-state index contributed by atoms with van der Waals surface area (Å²) in [6.45, 7) is 10.6. The van der Waals surface area contributed by atoms with E-state index in [1.807, 2.05) is 12.1 Å². The van der Waals surface area contributed by atoms with Crippen LogP contribution >= 0.6 is 12.4 Å². The van der Waals surface area contributed by atoms with Crippen LogP contribution in [0.1, 0.15) is 45.0 Å². The first-order valence-electron chi connectivity index (χ1n) is 9.46. The Balaban J connectivity index is 0.00000364. The van der Waals surface area contributed by atoms with E-state index < -0.39 is 5.91 Å². The van der Waals surface area contributed by atoms with Crippen molar-refractivity contribution in [3.05, 3.63) is 35.7 Å². The lowest BCUT2D eigenvalue weighted by Gasteiger charge is -2.19. The minimum Gasteiger partial charge on any atom is -0.327 e. The maximum Gasteiger partial charge on any atom is 0.267 e. The highest BCUT2D eigenvalue weighted by Gasteiger charge is 2.12. The van der Waals surface area contributed by atoms with Crippen molar-refractivity contribution in [1.29, 1.82) is 0 Å². The highest BCUT2D eigenvalue weighted by atomic mass is 35.5. The quantitative estimate of drug-likeness (QED) is 0.366. The Kier molecular flexibility index (Phi) is 10.1. The molecule has 27 heavy (non-hydrogen) atoms. The number of imidazole rings is 1. The molecular weight excluding hydrogens is 364 g/mol. The number of carbonyl (C=O) groups excluding carboxylic acids is 1. The number of carbonyl (C=O) groups is 1. The average Bonchev–Trinajstić information content (AvgIpc) is 3.01. The molecule has 0 fully saturated rings. The topological polar surface area (TPSA) is 70.4 Å². The molecule has 0 radical (unpaired) electrons. The largest absolute Gasteiger partial charge is 0.327 e. The van der Waals surface area contributed by atoms with E-state index in [0.29, 0.717) is 0 Å². The molecular formula is C20H31ClN4O2. The molecule has 0 atom stereocenters. The molecule has 0 aliphatic carbocycles. The fourth-order valence-corrected chi connectivity index (χ4v) is 3.07. The molecule has 0 spiro atoms. The number of halogens is 1. The normalized spacial score (nSPS) is 11.3. The van der Waals surface area contributed by atoms with Crippen molar-refractivity contribution >= 4 is 35.4 Å². The first kappa shape index (κ1) is 23.1. The third-order valence-corrected chi connectivity index (χ3v) is 4.68. The number of hydroxylamine groups is 1. The number of aromatic nitrogens is 2. The van der Waals surface area contributed by atoms with Crippen molar-refractivity contribution in [1.82, 2.24) is 19.9 Å². The SMILES string of the molecule is CCCCc1nc2cc(C=CC(=O)NO)ccc2n1CCN(CC)CC.Cl. The summed E-state index contributed by atoms with van der Waals surface area (Å²) >= 11 is 0. The molecule has 0 unspecified atom stereocenters. The zero-order valence-corrected chi connectivity index (χ0v) is 17.3. The average molecular weight is 395 g/mol. The minimum absolute atomic E-state index is 0. The van der Waals surface area contributed by atoms with Crippen molar-refractivity contribution in [2.45, 2.75) is 46.6 Å². The predicted octanol–water partition coefficient (Wildman–Crippen LogP) is 3.66. The van der Waals surface area contributed by atoms with E-state index in [1.165, 1.54) is 6.08 Å². The van der Waals surface area contributed by atoms with E-state index >= 15 is 0 Å². The Morgan fingerprint density at radius 1 is 1.30 bits per heavy atom. The van der Waals surface area contributed by atoms with Crippen LogP contribution in [0.4, 0.5) is 0 Å². The second-order valence-electron chi connectivity index (χ2n) is 6.37. The van der Waals surface area contributed by atoms with E-state index in [0.717, 1.165) is 67.9 Å². The highest BCUT2D eigenvalue weighted by Crippen LogP contribution is 2.20. The number of likely N-dealkylation sites (N-methyl/N-ethyl adjacent to an activating group) is 1. The second kappa shape index (κ2) is 11.7. The van der Waals surface area contributed by atoms with Gasteiger partial charge >= 0.3 is 0 Å². The molecule has 0 saturated heterocycles. The number of amides is 1. The van der Waals surface area contributed by atoms with Crippen LogP contribution in [0.25, 0.3) is 17.1 Å². The summed E-state index contributed by atoms with van der Waals surface area (Å²) in [6.07, 6.45) is 6.21.